The Morgan fingerprint density at radius 1 is 0.913 bits per heavy atom. The van der Waals surface area contributed by atoms with E-state index in [4.69, 9.17) is 30.5 Å². The van der Waals surface area contributed by atoms with Crippen LogP contribution in [0, 0.1) is 12.3 Å². The van der Waals surface area contributed by atoms with Gasteiger partial charge in [0.1, 0.15) is 12.1 Å². The highest BCUT2D eigenvalue weighted by atomic mass is 35.5. The van der Waals surface area contributed by atoms with Crippen molar-refractivity contribution in [2.45, 2.75) is 70.2 Å². The Morgan fingerprint density at radius 3 is 2.25 bits per heavy atom. The number of thiazole rings is 1. The third kappa shape index (κ3) is 15.0. The molecule has 5 aromatic rings. The van der Waals surface area contributed by atoms with Crippen LogP contribution in [0.15, 0.2) is 83.3 Å². The molecular formula is C48H60ClN7O11S2. The van der Waals surface area contributed by atoms with Crippen molar-refractivity contribution in [1.82, 2.24) is 30.8 Å². The number of rotatable bonds is 25. The summed E-state index contributed by atoms with van der Waals surface area (Å²) in [5.74, 6) is -1.66. The van der Waals surface area contributed by atoms with Gasteiger partial charge in [-0.15, -0.1) is 11.3 Å². The fourth-order valence-corrected chi connectivity index (χ4v) is 9.63. The summed E-state index contributed by atoms with van der Waals surface area (Å²) in [7, 11) is -4.01. The molecule has 6 N–H and O–H groups in total. The molecule has 3 aromatic carbocycles. The smallest absolute Gasteiger partial charge is 0.261 e. The zero-order chi connectivity index (χ0) is 49.6. The molecule has 3 heterocycles. The van der Waals surface area contributed by atoms with Crippen molar-refractivity contribution in [3.8, 4) is 10.4 Å². The number of ether oxygens (including phenoxy) is 4. The predicted octanol–water partition coefficient (Wildman–Crippen LogP) is 5.05. The average molecular weight is 1010 g/mol. The highest BCUT2D eigenvalue weighted by molar-refractivity contribution is 7.92. The van der Waals surface area contributed by atoms with Crippen LogP contribution in [0.5, 0.6) is 0 Å². The Morgan fingerprint density at radius 2 is 1.58 bits per heavy atom. The van der Waals surface area contributed by atoms with E-state index in [2.05, 4.69) is 30.6 Å². The summed E-state index contributed by atoms with van der Waals surface area (Å²) in [6, 6.07) is 16.8. The number of carbonyl (C=O) groups excluding carboxylic acids is 4. The number of sulfonamides is 1. The lowest BCUT2D eigenvalue weighted by Crippen LogP contribution is -2.57. The minimum absolute atomic E-state index is 0.000531. The molecule has 0 saturated carbocycles. The second kappa shape index (κ2) is 24.9. The van der Waals surface area contributed by atoms with E-state index in [-0.39, 0.29) is 87.8 Å². The van der Waals surface area contributed by atoms with Crippen molar-refractivity contribution in [3.05, 3.63) is 100 Å². The van der Waals surface area contributed by atoms with E-state index in [0.29, 0.717) is 41.4 Å². The third-order valence-corrected chi connectivity index (χ3v) is 13.8. The lowest BCUT2D eigenvalue weighted by atomic mass is 9.85. The summed E-state index contributed by atoms with van der Waals surface area (Å²) in [5, 5.41) is 20.1. The van der Waals surface area contributed by atoms with Crippen molar-refractivity contribution in [2.24, 2.45) is 5.41 Å². The summed E-state index contributed by atoms with van der Waals surface area (Å²) in [6.07, 6.45) is 0.789. The first-order valence-electron chi connectivity index (χ1n) is 22.5. The average Bonchev–Trinajstić information content (AvgIpc) is 4.06. The van der Waals surface area contributed by atoms with E-state index in [9.17, 15) is 32.7 Å². The van der Waals surface area contributed by atoms with Crippen LogP contribution in [-0.2, 0) is 49.9 Å². The zero-order valence-electron chi connectivity index (χ0n) is 39.0. The fraction of sp³-hybridized carbons (Fsp3) is 0.438. The molecule has 0 spiro atoms. The van der Waals surface area contributed by atoms with Gasteiger partial charge in [-0.05, 0) is 47.7 Å². The van der Waals surface area contributed by atoms with Crippen molar-refractivity contribution >= 4 is 73.2 Å². The lowest BCUT2D eigenvalue weighted by molar-refractivity contribution is -0.144. The van der Waals surface area contributed by atoms with Gasteiger partial charge in [-0.1, -0.05) is 74.8 Å². The number of halogens is 1. The molecule has 69 heavy (non-hydrogen) atoms. The Balaban J connectivity index is 0.796. The van der Waals surface area contributed by atoms with Crippen LogP contribution in [-0.4, -0.2) is 136 Å². The van der Waals surface area contributed by atoms with Crippen molar-refractivity contribution in [1.29, 1.82) is 0 Å². The predicted molar refractivity (Wildman–Crippen MR) is 262 cm³/mol. The second-order valence-electron chi connectivity index (χ2n) is 17.4. The topological polar surface area (TPSA) is 240 Å². The van der Waals surface area contributed by atoms with Gasteiger partial charge < -0.3 is 49.9 Å². The molecule has 0 unspecified atom stereocenters. The van der Waals surface area contributed by atoms with E-state index in [1.807, 2.05) is 52.0 Å². The van der Waals surface area contributed by atoms with Crippen molar-refractivity contribution in [2.75, 3.05) is 70.7 Å². The van der Waals surface area contributed by atoms with Gasteiger partial charge in [0.2, 0.25) is 17.7 Å². The Hall–Kier alpha value is -5.45. The number of benzene rings is 3. The SMILES string of the molecule is Cc1ncsc1-c1ccc(CNC(=O)[C@@H]2C[C@@H](O)CN2C(=O)[C@@H](NC(=O)CCOCCOCCOCCOCCNC(=O)c2cccc(S(=O)(=O)Nc3cccc4c(Cl)c[nH]c34)c2)C(C)(C)C)cc1. The van der Waals surface area contributed by atoms with Crippen LogP contribution in [0.1, 0.15) is 55.2 Å². The number of fused-ring (bicyclic) bond motifs is 1. The van der Waals surface area contributed by atoms with Gasteiger partial charge in [-0.25, -0.2) is 13.4 Å². The zero-order valence-corrected chi connectivity index (χ0v) is 41.4. The number of likely N-dealkylation sites (tertiary alicyclic amines) is 1. The van der Waals surface area contributed by atoms with Gasteiger partial charge in [0.05, 0.1) is 96.2 Å². The highest BCUT2D eigenvalue weighted by Crippen LogP contribution is 2.31. The number of aliphatic hydroxyl groups is 1. The number of aromatic amines is 1. The number of hydrogen-bond acceptors (Lipinski definition) is 13. The number of β-amino-alcohol motifs (C(OH)–C–C–N with tert-alkyl or cyclic N) is 1. The molecule has 4 amide bonds. The molecule has 2 aromatic heterocycles. The van der Waals surface area contributed by atoms with E-state index < -0.39 is 45.4 Å². The molecule has 1 aliphatic rings. The monoisotopic (exact) mass is 1010 g/mol. The highest BCUT2D eigenvalue weighted by Gasteiger charge is 2.44. The number of nitrogens with one attached hydrogen (secondary N) is 5. The minimum Gasteiger partial charge on any atom is -0.391 e. The van der Waals surface area contributed by atoms with E-state index in [0.717, 1.165) is 21.7 Å². The first-order valence-corrected chi connectivity index (χ1v) is 25.3. The van der Waals surface area contributed by atoms with Crippen LogP contribution < -0.4 is 20.7 Å². The van der Waals surface area contributed by atoms with Crippen LogP contribution >= 0.6 is 22.9 Å². The molecule has 1 saturated heterocycles. The minimum atomic E-state index is -4.01. The Bertz CT molecular complexity index is 2640. The molecule has 6 rings (SSSR count). The largest absolute Gasteiger partial charge is 0.391 e. The number of amides is 4. The molecular weight excluding hydrogens is 950 g/mol. The van der Waals surface area contributed by atoms with Gasteiger partial charge in [0.15, 0.2) is 0 Å². The number of nitrogens with zero attached hydrogens (tertiary/aromatic N) is 2. The number of carbonyl (C=O) groups is 4. The summed E-state index contributed by atoms with van der Waals surface area (Å²) in [6.45, 7) is 9.88. The van der Waals surface area contributed by atoms with E-state index in [1.165, 1.54) is 29.2 Å². The van der Waals surface area contributed by atoms with E-state index in [1.54, 1.807) is 41.2 Å². The quantitative estimate of drug-likeness (QED) is 0.0422. The molecule has 18 nitrogen and oxygen atoms in total. The first kappa shape index (κ1) is 52.9. The van der Waals surface area contributed by atoms with E-state index >= 15 is 0 Å². The standard InChI is InChI=1S/C48H60ClN7O11S2/c1-31-43(68-30-53-31)33-13-11-32(12-14-33)27-52-46(60)40-26-35(57)29-56(40)47(61)44(48(2,3)4)54-41(58)15-17-64-19-21-66-23-24-67-22-20-65-18-16-50-45(59)34-7-5-8-36(25-34)69(62,63)55-39-10-6-9-37-38(49)28-51-42(37)39/h5-14,25,28,30,35,40,44,51,55,57H,15-24,26-27,29H2,1-4H3,(H,50,59)(H,52,60)(H,54,58)/t35-,40+,44-/m1/s1. The molecule has 0 bridgehead atoms. The Labute approximate surface area is 410 Å². The Kier molecular flexibility index (Phi) is 19.1. The third-order valence-electron chi connectivity index (χ3n) is 11.1. The lowest BCUT2D eigenvalue weighted by Gasteiger charge is -2.35. The molecule has 3 atom stereocenters. The van der Waals surface area contributed by atoms with Crippen LogP contribution in [0.4, 0.5) is 5.69 Å². The number of H-pyrrole nitrogens is 1. The molecule has 21 heteroatoms. The maximum atomic E-state index is 13.9. The maximum absolute atomic E-state index is 13.9. The summed E-state index contributed by atoms with van der Waals surface area (Å²) >= 11 is 7.74. The number of aryl methyl sites for hydroxylation is 1. The maximum Gasteiger partial charge on any atom is 0.261 e. The summed E-state index contributed by atoms with van der Waals surface area (Å²) in [5.41, 5.74) is 5.03. The second-order valence-corrected chi connectivity index (χ2v) is 20.3. The van der Waals surface area contributed by atoms with Crippen LogP contribution in [0.3, 0.4) is 0 Å². The number of hydrogen-bond donors (Lipinski definition) is 6. The van der Waals surface area contributed by atoms with Crippen LogP contribution in [0.2, 0.25) is 5.02 Å². The molecule has 1 fully saturated rings. The summed E-state index contributed by atoms with van der Waals surface area (Å²) in [4.78, 5) is 62.7. The number of para-hydroxylation sites is 1. The molecule has 372 valence electrons. The molecule has 1 aliphatic heterocycles. The molecule has 0 aliphatic carbocycles. The van der Waals surface area contributed by atoms with Gasteiger partial charge in [0, 0.05) is 49.6 Å². The number of aliphatic hydroxyl groups excluding tert-OH is 1. The van der Waals surface area contributed by atoms with Gasteiger partial charge in [-0.2, -0.15) is 0 Å². The first-order chi connectivity index (χ1) is 33.0. The number of aromatic nitrogens is 2. The van der Waals surface area contributed by atoms with Gasteiger partial charge in [0.25, 0.3) is 15.9 Å². The fourth-order valence-electron chi connectivity index (χ4n) is 7.49. The van der Waals surface area contributed by atoms with Crippen molar-refractivity contribution in [3.63, 3.8) is 0 Å². The number of anilines is 1. The van der Waals surface area contributed by atoms with Gasteiger partial charge in [-0.3, -0.25) is 23.9 Å². The molecule has 0 radical (unpaired) electrons. The summed E-state index contributed by atoms with van der Waals surface area (Å²) < 4.78 is 51.0. The van der Waals surface area contributed by atoms with Crippen molar-refractivity contribution < 1.29 is 51.6 Å². The van der Waals surface area contributed by atoms with Crippen LogP contribution in [0.25, 0.3) is 21.3 Å². The normalized spacial score (nSPS) is 15.5. The van der Waals surface area contributed by atoms with Gasteiger partial charge >= 0.3 is 0 Å².